The van der Waals surface area contributed by atoms with Gasteiger partial charge in [-0.1, -0.05) is 0 Å². The van der Waals surface area contributed by atoms with Crippen LogP contribution in [0.25, 0.3) is 0 Å². The number of ether oxygens (including phenoxy) is 1. The summed E-state index contributed by atoms with van der Waals surface area (Å²) in [6.45, 7) is 3.23. The van der Waals surface area contributed by atoms with Crippen LogP contribution in [0.15, 0.2) is 0 Å². The molecule has 2 heteroatoms. The Morgan fingerprint density at radius 1 is 1.64 bits per heavy atom. The number of rotatable bonds is 3. The summed E-state index contributed by atoms with van der Waals surface area (Å²) >= 11 is 0. The molecule has 1 saturated heterocycles. The number of nitrogens with one attached hydrogen (secondary N) is 1. The second kappa shape index (κ2) is 2.76. The van der Waals surface area contributed by atoms with Crippen LogP contribution in [0.4, 0.5) is 0 Å². The molecule has 0 aromatic carbocycles. The van der Waals surface area contributed by atoms with E-state index < -0.39 is 0 Å². The second-order valence-corrected chi connectivity index (χ2v) is 3.96. The number of hydrogen-bond acceptors (Lipinski definition) is 2. The molecule has 1 aliphatic carbocycles. The maximum absolute atomic E-state index is 5.41. The van der Waals surface area contributed by atoms with Crippen LogP contribution in [0.2, 0.25) is 0 Å². The molecule has 2 aliphatic rings. The summed E-state index contributed by atoms with van der Waals surface area (Å²) in [5, 5.41) is 3.20. The van der Waals surface area contributed by atoms with Crippen molar-refractivity contribution >= 4 is 0 Å². The van der Waals surface area contributed by atoms with Crippen LogP contribution < -0.4 is 5.32 Å². The fourth-order valence-electron chi connectivity index (χ4n) is 2.26. The molecular weight excluding hydrogens is 138 g/mol. The van der Waals surface area contributed by atoms with Gasteiger partial charge in [-0.3, -0.25) is 0 Å². The molecule has 0 aromatic rings. The zero-order valence-electron chi connectivity index (χ0n) is 7.23. The van der Waals surface area contributed by atoms with Crippen molar-refractivity contribution < 1.29 is 4.74 Å². The molecule has 0 aromatic heterocycles. The highest BCUT2D eigenvalue weighted by molar-refractivity contribution is 5.04. The fourth-order valence-corrected chi connectivity index (χ4v) is 2.26. The van der Waals surface area contributed by atoms with Crippen molar-refractivity contribution in [2.45, 2.75) is 19.3 Å². The van der Waals surface area contributed by atoms with E-state index in [1.54, 1.807) is 0 Å². The predicted molar refractivity (Wildman–Crippen MR) is 44.5 cm³/mol. The summed E-state index contributed by atoms with van der Waals surface area (Å²) in [6, 6.07) is 0. The normalized spacial score (nSPS) is 41.7. The average Bonchev–Trinajstić information content (AvgIpc) is 2.41. The molecule has 1 heterocycles. The highest BCUT2D eigenvalue weighted by Gasteiger charge is 2.55. The average molecular weight is 155 g/mol. The van der Waals surface area contributed by atoms with Crippen LogP contribution in [-0.4, -0.2) is 26.8 Å². The Bertz CT molecular complexity index is 140. The molecule has 1 saturated carbocycles. The molecular formula is C9H17NO. The van der Waals surface area contributed by atoms with Crippen LogP contribution in [-0.2, 0) is 4.74 Å². The summed E-state index contributed by atoms with van der Waals surface area (Å²) in [5.41, 5.74) is 0.650. The molecule has 1 spiro atoms. The van der Waals surface area contributed by atoms with E-state index in [1.165, 1.54) is 25.8 Å². The van der Waals surface area contributed by atoms with E-state index in [0.717, 1.165) is 19.1 Å². The third-order valence-corrected chi connectivity index (χ3v) is 3.24. The summed E-state index contributed by atoms with van der Waals surface area (Å²) in [5.74, 6) is 0.970. The predicted octanol–water partition coefficient (Wildman–Crippen LogP) is 1.02. The van der Waals surface area contributed by atoms with Gasteiger partial charge in [0.05, 0.1) is 6.61 Å². The molecule has 0 radical (unpaired) electrons. The Balaban J connectivity index is 1.75. The molecule has 0 bridgehead atoms. The van der Waals surface area contributed by atoms with Crippen LogP contribution >= 0.6 is 0 Å². The standard InChI is InChI=1S/C9H17NO/c1-10-4-2-8-6-9(8)3-5-11-7-9/h8,10H,2-7H2,1H3. The topological polar surface area (TPSA) is 21.3 Å². The Morgan fingerprint density at radius 2 is 2.55 bits per heavy atom. The lowest BCUT2D eigenvalue weighted by Gasteiger charge is -2.04. The first kappa shape index (κ1) is 7.56. The molecule has 2 nitrogen and oxygen atoms in total. The fraction of sp³-hybridized carbons (Fsp3) is 1.00. The monoisotopic (exact) mass is 155 g/mol. The van der Waals surface area contributed by atoms with E-state index in [9.17, 15) is 0 Å². The van der Waals surface area contributed by atoms with E-state index in [1.807, 2.05) is 7.05 Å². The van der Waals surface area contributed by atoms with E-state index in [2.05, 4.69) is 5.32 Å². The van der Waals surface area contributed by atoms with Crippen molar-refractivity contribution in [2.75, 3.05) is 26.8 Å². The highest BCUT2D eigenvalue weighted by Crippen LogP contribution is 2.59. The Kier molecular flexibility index (Phi) is 1.90. The summed E-state index contributed by atoms with van der Waals surface area (Å²) in [4.78, 5) is 0. The zero-order chi connectivity index (χ0) is 7.73. The van der Waals surface area contributed by atoms with Crippen molar-refractivity contribution in [1.82, 2.24) is 5.32 Å². The van der Waals surface area contributed by atoms with Crippen molar-refractivity contribution in [1.29, 1.82) is 0 Å². The van der Waals surface area contributed by atoms with Gasteiger partial charge in [-0.15, -0.1) is 0 Å². The minimum Gasteiger partial charge on any atom is -0.381 e. The van der Waals surface area contributed by atoms with Crippen LogP contribution in [0.3, 0.4) is 0 Å². The highest BCUT2D eigenvalue weighted by atomic mass is 16.5. The maximum Gasteiger partial charge on any atom is 0.0526 e. The Morgan fingerprint density at radius 3 is 3.18 bits per heavy atom. The van der Waals surface area contributed by atoms with Gasteiger partial charge in [0.1, 0.15) is 0 Å². The third-order valence-electron chi connectivity index (χ3n) is 3.24. The van der Waals surface area contributed by atoms with E-state index in [-0.39, 0.29) is 0 Å². The lowest BCUT2D eigenvalue weighted by Crippen LogP contribution is -2.11. The van der Waals surface area contributed by atoms with Crippen molar-refractivity contribution in [3.63, 3.8) is 0 Å². The summed E-state index contributed by atoms with van der Waals surface area (Å²) < 4.78 is 5.41. The van der Waals surface area contributed by atoms with Crippen molar-refractivity contribution in [3.05, 3.63) is 0 Å². The van der Waals surface area contributed by atoms with Crippen LogP contribution in [0.1, 0.15) is 19.3 Å². The van der Waals surface area contributed by atoms with Gasteiger partial charge in [-0.05, 0) is 44.2 Å². The van der Waals surface area contributed by atoms with Crippen molar-refractivity contribution in [3.8, 4) is 0 Å². The zero-order valence-corrected chi connectivity index (χ0v) is 7.23. The minimum atomic E-state index is 0.650. The van der Waals surface area contributed by atoms with Crippen LogP contribution in [0.5, 0.6) is 0 Å². The first-order valence-electron chi connectivity index (χ1n) is 4.60. The summed E-state index contributed by atoms with van der Waals surface area (Å²) in [7, 11) is 2.03. The molecule has 0 amide bonds. The maximum atomic E-state index is 5.41. The van der Waals surface area contributed by atoms with E-state index >= 15 is 0 Å². The first-order valence-corrected chi connectivity index (χ1v) is 4.60. The first-order chi connectivity index (χ1) is 5.37. The lowest BCUT2D eigenvalue weighted by molar-refractivity contribution is 0.178. The molecule has 2 rings (SSSR count). The quantitative estimate of drug-likeness (QED) is 0.657. The molecule has 64 valence electrons. The number of hydrogen-bond donors (Lipinski definition) is 1. The molecule has 2 fully saturated rings. The third kappa shape index (κ3) is 1.30. The van der Waals surface area contributed by atoms with Gasteiger partial charge in [-0.25, -0.2) is 0 Å². The molecule has 11 heavy (non-hydrogen) atoms. The van der Waals surface area contributed by atoms with E-state index in [0.29, 0.717) is 5.41 Å². The molecule has 1 N–H and O–H groups in total. The minimum absolute atomic E-state index is 0.650. The van der Waals surface area contributed by atoms with Gasteiger partial charge in [0.15, 0.2) is 0 Å². The SMILES string of the molecule is CNCCC1CC12CCOC2. The molecule has 2 unspecified atom stereocenters. The summed E-state index contributed by atoms with van der Waals surface area (Å²) in [6.07, 6.45) is 4.09. The van der Waals surface area contributed by atoms with Gasteiger partial charge in [0.25, 0.3) is 0 Å². The van der Waals surface area contributed by atoms with Gasteiger partial charge in [-0.2, -0.15) is 0 Å². The van der Waals surface area contributed by atoms with Gasteiger partial charge in [0.2, 0.25) is 0 Å². The smallest absolute Gasteiger partial charge is 0.0526 e. The van der Waals surface area contributed by atoms with Crippen LogP contribution in [0, 0.1) is 11.3 Å². The van der Waals surface area contributed by atoms with Gasteiger partial charge >= 0.3 is 0 Å². The molecule has 1 aliphatic heterocycles. The second-order valence-electron chi connectivity index (χ2n) is 3.96. The van der Waals surface area contributed by atoms with Crippen molar-refractivity contribution in [2.24, 2.45) is 11.3 Å². The van der Waals surface area contributed by atoms with Gasteiger partial charge in [0, 0.05) is 6.61 Å². The van der Waals surface area contributed by atoms with Gasteiger partial charge < -0.3 is 10.1 Å². The largest absolute Gasteiger partial charge is 0.381 e. The Labute approximate surface area is 68.3 Å². The Hall–Kier alpha value is -0.0800. The van der Waals surface area contributed by atoms with E-state index in [4.69, 9.17) is 4.74 Å². The molecule has 2 atom stereocenters. The lowest BCUT2D eigenvalue weighted by atomic mass is 10.0.